The number of halogens is 1. The van der Waals surface area contributed by atoms with Crippen LogP contribution in [0.1, 0.15) is 49.8 Å². The van der Waals surface area contributed by atoms with Crippen LogP contribution in [0.5, 0.6) is 0 Å². The number of hydrogen-bond acceptors (Lipinski definition) is 7. The third kappa shape index (κ3) is 5.84. The molecule has 42 heavy (non-hydrogen) atoms. The summed E-state index contributed by atoms with van der Waals surface area (Å²) in [4.78, 5) is 24.1. The zero-order valence-electron chi connectivity index (χ0n) is 24.7. The number of carbonyl (C=O) groups is 1. The molecular weight excluding hydrogens is 531 g/mol. The molecule has 3 aliphatic heterocycles. The van der Waals surface area contributed by atoms with Crippen molar-refractivity contribution in [2.45, 2.75) is 50.0 Å². The summed E-state index contributed by atoms with van der Waals surface area (Å²) in [5.41, 5.74) is 2.41. The number of anilines is 1. The van der Waals surface area contributed by atoms with Crippen LogP contribution in [0.3, 0.4) is 0 Å². The number of rotatable bonds is 9. The molecular formula is C33H43FN6O2. The highest BCUT2D eigenvalue weighted by Crippen LogP contribution is 2.51. The van der Waals surface area contributed by atoms with E-state index in [0.717, 1.165) is 95.7 Å². The topological polar surface area (TPSA) is 84.7 Å². The lowest BCUT2D eigenvalue weighted by Crippen LogP contribution is -2.60. The summed E-state index contributed by atoms with van der Waals surface area (Å²) in [7, 11) is 1.43. The largest absolute Gasteiger partial charge is 0.453 e. The Morgan fingerprint density at radius 3 is 2.55 bits per heavy atom. The Morgan fingerprint density at radius 2 is 1.90 bits per heavy atom. The number of pyridine rings is 1. The molecule has 0 spiro atoms. The van der Waals surface area contributed by atoms with Crippen molar-refractivity contribution in [1.29, 1.82) is 5.26 Å². The predicted molar refractivity (Wildman–Crippen MR) is 160 cm³/mol. The second-order valence-corrected chi connectivity index (χ2v) is 12.8. The molecule has 0 bridgehead atoms. The Hall–Kier alpha value is -3.22. The standard InChI is InChI=1S/C33H43FN6O2/c1-42-32(41)37-31-8-3-7-30(31)33(23-39-13-4-14-39,26-5-2-6-27(34)17-26)25-11-15-38(16-12-25)20-24-21-40(22-24)29-10-9-28(18-35)36-19-29/h2,5-6,9-10,17,19,24-25,30-31H,3-4,7-8,11-16,20-23H2,1H3,(H,37,41)/t30-,31-,33-/m0/s1. The van der Waals surface area contributed by atoms with Crippen LogP contribution in [0.15, 0.2) is 42.6 Å². The summed E-state index contributed by atoms with van der Waals surface area (Å²) in [5.74, 6) is 1.08. The number of methoxy groups -OCH3 is 1. The number of amides is 1. The molecule has 3 saturated heterocycles. The van der Waals surface area contributed by atoms with E-state index < -0.39 is 0 Å². The normalized spacial score (nSPS) is 25.2. The molecule has 0 unspecified atom stereocenters. The summed E-state index contributed by atoms with van der Waals surface area (Å²) >= 11 is 0. The van der Waals surface area contributed by atoms with Gasteiger partial charge in [-0.15, -0.1) is 0 Å². The van der Waals surface area contributed by atoms with E-state index in [1.807, 2.05) is 12.1 Å². The zero-order chi connectivity index (χ0) is 29.1. The first-order valence-electron chi connectivity index (χ1n) is 15.6. The first-order chi connectivity index (χ1) is 20.5. The molecule has 4 heterocycles. The Kier molecular flexibility index (Phi) is 8.64. The number of aromatic nitrogens is 1. The number of nitrogens with one attached hydrogen (secondary N) is 1. The van der Waals surface area contributed by atoms with Crippen molar-refractivity contribution >= 4 is 11.8 Å². The lowest BCUT2D eigenvalue weighted by Gasteiger charge is -2.54. The minimum atomic E-state index is -0.370. The molecule has 1 aromatic carbocycles. The fourth-order valence-corrected chi connectivity index (χ4v) is 8.27. The second kappa shape index (κ2) is 12.6. The number of likely N-dealkylation sites (tertiary alicyclic amines) is 2. The third-order valence-electron chi connectivity index (χ3n) is 10.5. The van der Waals surface area contributed by atoms with E-state index in [0.29, 0.717) is 17.5 Å². The molecule has 2 aromatic rings. The van der Waals surface area contributed by atoms with Gasteiger partial charge in [0, 0.05) is 43.6 Å². The highest BCUT2D eigenvalue weighted by molar-refractivity contribution is 5.67. The highest BCUT2D eigenvalue weighted by atomic mass is 19.1. The van der Waals surface area contributed by atoms with Crippen LogP contribution in [0.25, 0.3) is 0 Å². The van der Waals surface area contributed by atoms with Gasteiger partial charge < -0.3 is 24.8 Å². The van der Waals surface area contributed by atoms with Crippen molar-refractivity contribution in [3.05, 3.63) is 59.7 Å². The van der Waals surface area contributed by atoms with Crippen LogP contribution in [0.2, 0.25) is 0 Å². The van der Waals surface area contributed by atoms with E-state index in [9.17, 15) is 9.18 Å². The number of piperidine rings is 1. The Balaban J connectivity index is 1.17. The number of carbonyl (C=O) groups excluding carboxylic acids is 1. The lowest BCUT2D eigenvalue weighted by atomic mass is 9.57. The van der Waals surface area contributed by atoms with Crippen molar-refractivity contribution in [3.8, 4) is 6.07 Å². The van der Waals surface area contributed by atoms with Crippen molar-refractivity contribution < 1.29 is 13.9 Å². The third-order valence-corrected chi connectivity index (χ3v) is 10.5. The number of alkyl carbamates (subject to hydrolysis) is 1. The SMILES string of the molecule is COC(=O)N[C@H]1CCC[C@@H]1[C@](CN1CCC1)(c1cccc(F)c1)C1CCN(CC2CN(c3ccc(C#N)nc3)C2)CC1. The average Bonchev–Trinajstić information content (AvgIpc) is 3.43. The lowest BCUT2D eigenvalue weighted by molar-refractivity contribution is 0.0223. The number of ether oxygens (including phenoxy) is 1. The summed E-state index contributed by atoms with van der Waals surface area (Å²) in [6.07, 6.45) is 7.80. The van der Waals surface area contributed by atoms with Gasteiger partial charge in [-0.25, -0.2) is 14.2 Å². The summed E-state index contributed by atoms with van der Waals surface area (Å²) in [5, 5.41) is 12.2. The maximum absolute atomic E-state index is 14.9. The number of nitriles is 1. The average molecular weight is 575 g/mol. The van der Waals surface area contributed by atoms with E-state index in [1.165, 1.54) is 13.5 Å². The number of hydrogen-bond donors (Lipinski definition) is 1. The van der Waals surface area contributed by atoms with Crippen LogP contribution >= 0.6 is 0 Å². The molecule has 4 fully saturated rings. The van der Waals surface area contributed by atoms with E-state index in [-0.39, 0.29) is 29.3 Å². The van der Waals surface area contributed by atoms with Gasteiger partial charge in [-0.3, -0.25) is 0 Å². The molecule has 8 nitrogen and oxygen atoms in total. The second-order valence-electron chi connectivity index (χ2n) is 12.8. The number of nitrogens with zero attached hydrogens (tertiary/aromatic N) is 5. The first-order valence-corrected chi connectivity index (χ1v) is 15.6. The summed E-state index contributed by atoms with van der Waals surface area (Å²) in [6, 6.07) is 13.2. The van der Waals surface area contributed by atoms with Crippen molar-refractivity contribution in [3.63, 3.8) is 0 Å². The van der Waals surface area contributed by atoms with E-state index in [1.54, 1.807) is 24.4 Å². The minimum absolute atomic E-state index is 0.0256. The molecule has 1 amide bonds. The summed E-state index contributed by atoms with van der Waals surface area (Å²) in [6.45, 7) is 8.28. The molecule has 0 radical (unpaired) electrons. The van der Waals surface area contributed by atoms with Crippen molar-refractivity contribution in [1.82, 2.24) is 20.1 Å². The Bertz CT molecular complexity index is 1270. The van der Waals surface area contributed by atoms with Gasteiger partial charge in [-0.05, 0) is 99.9 Å². The Labute approximate surface area is 248 Å². The molecule has 1 saturated carbocycles. The maximum atomic E-state index is 14.9. The van der Waals surface area contributed by atoms with Crippen LogP contribution in [-0.4, -0.2) is 86.4 Å². The van der Waals surface area contributed by atoms with Gasteiger partial charge in [0.05, 0.1) is 19.0 Å². The van der Waals surface area contributed by atoms with E-state index >= 15 is 0 Å². The monoisotopic (exact) mass is 574 g/mol. The van der Waals surface area contributed by atoms with E-state index in [4.69, 9.17) is 10.00 Å². The molecule has 6 rings (SSSR count). The molecule has 1 aliphatic carbocycles. The molecule has 4 aliphatic rings. The van der Waals surface area contributed by atoms with Gasteiger partial charge in [0.15, 0.2) is 0 Å². The molecule has 1 N–H and O–H groups in total. The Morgan fingerprint density at radius 1 is 1.10 bits per heavy atom. The van der Waals surface area contributed by atoms with Crippen LogP contribution in [0, 0.1) is 34.9 Å². The van der Waals surface area contributed by atoms with Gasteiger partial charge in [0.2, 0.25) is 0 Å². The van der Waals surface area contributed by atoms with Crippen LogP contribution in [0.4, 0.5) is 14.9 Å². The quantitative estimate of drug-likeness (QED) is 0.475. The van der Waals surface area contributed by atoms with Gasteiger partial charge in [-0.2, -0.15) is 5.26 Å². The number of benzene rings is 1. The fraction of sp³-hybridized carbons (Fsp3) is 0.606. The molecule has 224 valence electrons. The first kappa shape index (κ1) is 28.9. The van der Waals surface area contributed by atoms with Crippen molar-refractivity contribution in [2.24, 2.45) is 17.8 Å². The van der Waals surface area contributed by atoms with Crippen molar-refractivity contribution in [2.75, 3.05) is 64.4 Å². The zero-order valence-corrected chi connectivity index (χ0v) is 24.7. The van der Waals surface area contributed by atoms with Gasteiger partial charge >= 0.3 is 6.09 Å². The predicted octanol–water partition coefficient (Wildman–Crippen LogP) is 4.41. The van der Waals surface area contributed by atoms with Gasteiger partial charge in [-0.1, -0.05) is 18.6 Å². The van der Waals surface area contributed by atoms with Gasteiger partial charge in [0.25, 0.3) is 0 Å². The minimum Gasteiger partial charge on any atom is -0.453 e. The highest BCUT2D eigenvalue weighted by Gasteiger charge is 2.53. The van der Waals surface area contributed by atoms with E-state index in [2.05, 4.69) is 37.1 Å². The molecule has 3 atom stereocenters. The van der Waals surface area contributed by atoms with Gasteiger partial charge in [0.1, 0.15) is 17.6 Å². The summed E-state index contributed by atoms with van der Waals surface area (Å²) < 4.78 is 19.9. The molecule has 1 aromatic heterocycles. The fourth-order valence-electron chi connectivity index (χ4n) is 8.27. The maximum Gasteiger partial charge on any atom is 0.407 e. The van der Waals surface area contributed by atoms with Crippen LogP contribution in [-0.2, 0) is 10.2 Å². The van der Waals surface area contributed by atoms with Crippen LogP contribution < -0.4 is 10.2 Å². The smallest absolute Gasteiger partial charge is 0.407 e. The molecule has 9 heteroatoms.